The van der Waals surface area contributed by atoms with Crippen molar-refractivity contribution >= 4 is 17.0 Å². The van der Waals surface area contributed by atoms with Gasteiger partial charge in [0.25, 0.3) is 0 Å². The molecule has 0 radical (unpaired) electrons. The first-order chi connectivity index (χ1) is 1.73. The SMILES string of the molecule is Br.[CH3][Hf]([CH3])[CH3]. The second kappa shape index (κ2) is 5.35. The number of rotatable bonds is 0. The molecule has 0 bridgehead atoms. The summed E-state index contributed by atoms with van der Waals surface area (Å²) in [7, 11) is 0. The van der Waals surface area contributed by atoms with E-state index >= 15 is 0 Å². The third-order valence-electron chi connectivity index (χ3n) is 0. The maximum absolute atomic E-state index is 2.38. The van der Waals surface area contributed by atoms with E-state index in [1.165, 1.54) is 0 Å². The van der Waals surface area contributed by atoms with Crippen LogP contribution in [-0.2, 0) is 21.4 Å². The van der Waals surface area contributed by atoms with E-state index in [-0.39, 0.29) is 17.0 Å². The molecule has 0 aromatic heterocycles. The zero-order valence-electron chi connectivity index (χ0n) is 3.91. The van der Waals surface area contributed by atoms with E-state index in [9.17, 15) is 0 Å². The molecule has 0 N–H and O–H groups in total. The fourth-order valence-corrected chi connectivity index (χ4v) is 0. The Bertz CT molecular complexity index is 11.6. The van der Waals surface area contributed by atoms with Gasteiger partial charge in [0.1, 0.15) is 0 Å². The second-order valence-corrected chi connectivity index (χ2v) is 12.3. The van der Waals surface area contributed by atoms with Crippen molar-refractivity contribution in [2.24, 2.45) is 0 Å². The Morgan fingerprint density at radius 3 is 1.00 bits per heavy atom. The molecule has 0 aliphatic heterocycles. The molecule has 0 saturated carbocycles. The van der Waals surface area contributed by atoms with Gasteiger partial charge < -0.3 is 0 Å². The molecule has 0 atom stereocenters. The van der Waals surface area contributed by atoms with Crippen molar-refractivity contribution < 1.29 is 21.4 Å². The molecule has 0 nitrogen and oxygen atoms in total. The van der Waals surface area contributed by atoms with Crippen LogP contribution in [0.15, 0.2) is 0 Å². The average Bonchev–Trinajstić information content (AvgIpc) is 0.811. The van der Waals surface area contributed by atoms with Gasteiger partial charge >= 0.3 is 35.5 Å². The molecule has 0 unspecified atom stereocenters. The van der Waals surface area contributed by atoms with Crippen LogP contribution in [0.5, 0.6) is 0 Å². The van der Waals surface area contributed by atoms with Gasteiger partial charge in [0.2, 0.25) is 0 Å². The summed E-state index contributed by atoms with van der Waals surface area (Å²) in [5, 5.41) is 0. The number of halogens is 1. The fraction of sp³-hybridized carbons (Fsp3) is 1.00. The van der Waals surface area contributed by atoms with Gasteiger partial charge in [-0.3, -0.25) is 0 Å². The van der Waals surface area contributed by atoms with Crippen LogP contribution in [-0.4, -0.2) is 0 Å². The summed E-state index contributed by atoms with van der Waals surface area (Å²) in [5.74, 6) is 0. The van der Waals surface area contributed by atoms with Crippen molar-refractivity contribution in [3.8, 4) is 0 Å². The molecule has 0 aliphatic rings. The van der Waals surface area contributed by atoms with Crippen molar-refractivity contribution in [3.05, 3.63) is 0 Å². The van der Waals surface area contributed by atoms with E-state index in [1.54, 1.807) is 0 Å². The van der Waals surface area contributed by atoms with E-state index in [0.717, 1.165) is 0 Å². The van der Waals surface area contributed by atoms with Gasteiger partial charge in [-0.1, -0.05) is 0 Å². The summed E-state index contributed by atoms with van der Waals surface area (Å²) >= 11 is -0.657. The fourth-order valence-electron chi connectivity index (χ4n) is 0. The summed E-state index contributed by atoms with van der Waals surface area (Å²) in [6.45, 7) is 0. The molecule has 0 fully saturated rings. The van der Waals surface area contributed by atoms with Gasteiger partial charge in [-0.2, -0.15) is 0 Å². The predicted octanol–water partition coefficient (Wildman–Crippen LogP) is 2.33. The Morgan fingerprint density at radius 2 is 1.00 bits per heavy atom. The van der Waals surface area contributed by atoms with Gasteiger partial charge in [-0.05, 0) is 0 Å². The normalized spacial score (nSPS) is 5.40. The van der Waals surface area contributed by atoms with Crippen LogP contribution < -0.4 is 0 Å². The van der Waals surface area contributed by atoms with E-state index in [2.05, 4.69) is 14.0 Å². The van der Waals surface area contributed by atoms with Crippen molar-refractivity contribution in [2.45, 2.75) is 14.0 Å². The molecule has 0 aliphatic carbocycles. The monoisotopic (exact) mass is 305 g/mol. The van der Waals surface area contributed by atoms with Crippen molar-refractivity contribution in [3.63, 3.8) is 0 Å². The molecule has 33 valence electrons. The van der Waals surface area contributed by atoms with Crippen LogP contribution >= 0.6 is 17.0 Å². The van der Waals surface area contributed by atoms with E-state index in [4.69, 9.17) is 0 Å². The quantitative estimate of drug-likeness (QED) is 0.603. The van der Waals surface area contributed by atoms with Crippen LogP contribution in [0.2, 0.25) is 14.0 Å². The van der Waals surface area contributed by atoms with E-state index < -0.39 is 21.4 Å². The van der Waals surface area contributed by atoms with Crippen LogP contribution in [0, 0.1) is 0 Å². The topological polar surface area (TPSA) is 0 Å². The van der Waals surface area contributed by atoms with Gasteiger partial charge in [0, 0.05) is 0 Å². The van der Waals surface area contributed by atoms with Gasteiger partial charge in [0.15, 0.2) is 0 Å². The maximum atomic E-state index is 2.38. The Morgan fingerprint density at radius 1 is 1.00 bits per heavy atom. The summed E-state index contributed by atoms with van der Waals surface area (Å²) < 4.78 is 7.14. The van der Waals surface area contributed by atoms with E-state index in [1.807, 2.05) is 0 Å². The third kappa shape index (κ3) is 32.9. The van der Waals surface area contributed by atoms with Crippen molar-refractivity contribution in [1.82, 2.24) is 0 Å². The second-order valence-electron chi connectivity index (χ2n) is 1.50. The molecule has 0 spiro atoms. The molecule has 0 saturated heterocycles. The molecule has 5 heavy (non-hydrogen) atoms. The molecular weight excluding hydrogens is 294 g/mol. The Labute approximate surface area is 52.3 Å². The van der Waals surface area contributed by atoms with Crippen LogP contribution in [0.4, 0.5) is 0 Å². The Kier molecular flexibility index (Phi) is 10.3. The third-order valence-corrected chi connectivity index (χ3v) is 0. The predicted molar refractivity (Wildman–Crippen MR) is 27.9 cm³/mol. The standard InChI is InChI=1S/3CH3.BrH.Hf/h3*1H3;1H;. The van der Waals surface area contributed by atoms with Gasteiger partial charge in [-0.15, -0.1) is 17.0 Å². The summed E-state index contributed by atoms with van der Waals surface area (Å²) in [6, 6.07) is 0. The van der Waals surface area contributed by atoms with Crippen LogP contribution in [0.25, 0.3) is 0 Å². The molecular formula is C3H10BrHf. The van der Waals surface area contributed by atoms with Crippen LogP contribution in [0.3, 0.4) is 0 Å². The summed E-state index contributed by atoms with van der Waals surface area (Å²) in [4.78, 5) is 0. The average molecular weight is 305 g/mol. The molecule has 0 amide bonds. The number of hydrogen-bond acceptors (Lipinski definition) is 0. The minimum atomic E-state index is -0.657. The van der Waals surface area contributed by atoms with Crippen LogP contribution in [0.1, 0.15) is 0 Å². The van der Waals surface area contributed by atoms with E-state index in [0.29, 0.717) is 0 Å². The first-order valence-corrected chi connectivity index (χ1v) is 12.3. The van der Waals surface area contributed by atoms with Gasteiger partial charge in [-0.25, -0.2) is 0 Å². The molecule has 0 rings (SSSR count). The first-order valence-electron chi connectivity index (χ1n) is 1.50. The van der Waals surface area contributed by atoms with Crippen molar-refractivity contribution in [1.29, 1.82) is 0 Å². The molecule has 0 aromatic carbocycles. The number of hydrogen-bond donors (Lipinski definition) is 0. The Balaban J connectivity index is 0. The summed E-state index contributed by atoms with van der Waals surface area (Å²) in [6.07, 6.45) is 0. The van der Waals surface area contributed by atoms with Gasteiger partial charge in [0.05, 0.1) is 0 Å². The Hall–Kier alpha value is 1.35. The molecule has 0 heterocycles. The first kappa shape index (κ1) is 9.61. The molecule has 2 heteroatoms. The molecule has 0 aromatic rings. The van der Waals surface area contributed by atoms with Crippen molar-refractivity contribution in [2.75, 3.05) is 0 Å². The zero-order chi connectivity index (χ0) is 3.58. The summed E-state index contributed by atoms with van der Waals surface area (Å²) in [5.41, 5.74) is 0. The minimum absolute atomic E-state index is 0. The zero-order valence-corrected chi connectivity index (χ0v) is 9.21.